The summed E-state index contributed by atoms with van der Waals surface area (Å²) in [5.74, 6) is -0.873. The van der Waals surface area contributed by atoms with Crippen molar-refractivity contribution in [2.75, 3.05) is 11.9 Å². The molecule has 5 rings (SSSR count). The molecule has 0 saturated heterocycles. The van der Waals surface area contributed by atoms with E-state index in [2.05, 4.69) is 0 Å². The second-order valence-corrected chi connectivity index (χ2v) is 7.47. The molecule has 3 aromatic carbocycles. The number of aryl methyl sites for hydroxylation is 1. The predicted molar refractivity (Wildman–Crippen MR) is 112 cm³/mol. The Balaban J connectivity index is 1.45. The summed E-state index contributed by atoms with van der Waals surface area (Å²) < 4.78 is 5.82. The van der Waals surface area contributed by atoms with Gasteiger partial charge in [0.25, 0.3) is 23.6 Å². The van der Waals surface area contributed by atoms with Crippen LogP contribution in [0.2, 0.25) is 0 Å². The molecule has 4 amide bonds. The monoisotopic (exact) mass is 412 g/mol. The van der Waals surface area contributed by atoms with Gasteiger partial charge >= 0.3 is 0 Å². The molecule has 0 atom stereocenters. The van der Waals surface area contributed by atoms with Crippen molar-refractivity contribution in [2.24, 2.45) is 0 Å². The van der Waals surface area contributed by atoms with Crippen LogP contribution in [0.15, 0.2) is 60.7 Å². The molecule has 0 saturated carbocycles. The second-order valence-electron chi connectivity index (χ2n) is 7.47. The van der Waals surface area contributed by atoms with Gasteiger partial charge < -0.3 is 4.74 Å². The number of hydrogen-bond donors (Lipinski definition) is 0. The summed E-state index contributed by atoms with van der Waals surface area (Å²) >= 11 is 0. The molecule has 152 valence electrons. The molecule has 2 heterocycles. The van der Waals surface area contributed by atoms with Crippen molar-refractivity contribution in [3.8, 4) is 11.5 Å². The van der Waals surface area contributed by atoms with E-state index in [0.717, 1.165) is 15.4 Å². The Labute approximate surface area is 177 Å². The van der Waals surface area contributed by atoms with E-state index in [1.807, 2.05) is 19.1 Å². The van der Waals surface area contributed by atoms with Crippen molar-refractivity contribution in [3.63, 3.8) is 0 Å². The van der Waals surface area contributed by atoms with E-state index >= 15 is 0 Å². The van der Waals surface area contributed by atoms with Crippen LogP contribution in [0.1, 0.15) is 47.0 Å². The average Bonchev–Trinajstić information content (AvgIpc) is 3.14. The Kier molecular flexibility index (Phi) is 4.01. The van der Waals surface area contributed by atoms with Gasteiger partial charge in [-0.15, -0.1) is 0 Å². The highest BCUT2D eigenvalue weighted by Gasteiger charge is 2.37. The number of amides is 4. The van der Waals surface area contributed by atoms with Crippen LogP contribution in [-0.2, 0) is 0 Å². The van der Waals surface area contributed by atoms with Gasteiger partial charge in [0.05, 0.1) is 27.9 Å². The lowest BCUT2D eigenvalue weighted by atomic mass is 10.1. The number of benzene rings is 3. The first-order valence-corrected chi connectivity index (χ1v) is 9.59. The summed E-state index contributed by atoms with van der Waals surface area (Å²) in [6.45, 7) is 1.93. The lowest BCUT2D eigenvalue weighted by Crippen LogP contribution is -2.29. The SMILES string of the molecule is Cc1ccc(N2C(=O)c3ccc(Oc4ccc5c(c4)C(=O)N(C)C5=O)cc3C2=O)cc1. The third-order valence-electron chi connectivity index (χ3n) is 5.45. The fourth-order valence-electron chi connectivity index (χ4n) is 3.75. The molecule has 7 nitrogen and oxygen atoms in total. The molecule has 0 spiro atoms. The van der Waals surface area contributed by atoms with Crippen molar-refractivity contribution in [2.45, 2.75) is 6.92 Å². The molecule has 31 heavy (non-hydrogen) atoms. The molecular weight excluding hydrogens is 396 g/mol. The van der Waals surface area contributed by atoms with E-state index in [0.29, 0.717) is 28.3 Å². The quantitative estimate of drug-likeness (QED) is 0.611. The van der Waals surface area contributed by atoms with E-state index in [1.54, 1.807) is 30.3 Å². The Bertz CT molecular complexity index is 1310. The molecule has 0 bridgehead atoms. The molecule has 2 aliphatic heterocycles. The molecule has 0 aromatic heterocycles. The van der Waals surface area contributed by atoms with Gasteiger partial charge in [-0.25, -0.2) is 4.90 Å². The lowest BCUT2D eigenvalue weighted by molar-refractivity contribution is 0.0692. The Hall–Kier alpha value is -4.26. The first-order chi connectivity index (χ1) is 14.8. The number of carbonyl (C=O) groups is 4. The summed E-state index contributed by atoms with van der Waals surface area (Å²) in [6, 6.07) is 16.4. The topological polar surface area (TPSA) is 84.0 Å². The highest BCUT2D eigenvalue weighted by Crippen LogP contribution is 2.33. The first-order valence-electron chi connectivity index (χ1n) is 9.59. The highest BCUT2D eigenvalue weighted by molar-refractivity contribution is 6.34. The van der Waals surface area contributed by atoms with Crippen molar-refractivity contribution in [1.82, 2.24) is 4.90 Å². The molecule has 0 N–H and O–H groups in total. The summed E-state index contributed by atoms with van der Waals surface area (Å²) in [4.78, 5) is 52.1. The maximum absolute atomic E-state index is 12.9. The van der Waals surface area contributed by atoms with Gasteiger partial charge in [-0.3, -0.25) is 24.1 Å². The zero-order chi connectivity index (χ0) is 21.9. The maximum Gasteiger partial charge on any atom is 0.266 e. The van der Waals surface area contributed by atoms with Crippen LogP contribution < -0.4 is 9.64 Å². The van der Waals surface area contributed by atoms with Crippen LogP contribution in [0.4, 0.5) is 5.69 Å². The van der Waals surface area contributed by atoms with Crippen LogP contribution in [0, 0.1) is 6.92 Å². The van der Waals surface area contributed by atoms with Crippen molar-refractivity contribution in [1.29, 1.82) is 0 Å². The number of anilines is 1. The minimum Gasteiger partial charge on any atom is -0.457 e. The largest absolute Gasteiger partial charge is 0.457 e. The Morgan fingerprint density at radius 2 is 1.10 bits per heavy atom. The number of rotatable bonds is 3. The smallest absolute Gasteiger partial charge is 0.266 e. The molecule has 0 unspecified atom stereocenters. The number of fused-ring (bicyclic) bond motifs is 2. The molecule has 3 aromatic rings. The van der Waals surface area contributed by atoms with Crippen LogP contribution in [0.25, 0.3) is 0 Å². The van der Waals surface area contributed by atoms with Crippen molar-refractivity contribution >= 4 is 29.3 Å². The van der Waals surface area contributed by atoms with Gasteiger partial charge in [0.2, 0.25) is 0 Å². The fourth-order valence-corrected chi connectivity index (χ4v) is 3.75. The van der Waals surface area contributed by atoms with E-state index in [-0.39, 0.29) is 22.9 Å². The third kappa shape index (κ3) is 2.82. The highest BCUT2D eigenvalue weighted by atomic mass is 16.5. The minimum atomic E-state index is -0.425. The molecule has 7 heteroatoms. The zero-order valence-corrected chi connectivity index (χ0v) is 16.7. The normalized spacial score (nSPS) is 14.9. The lowest BCUT2D eigenvalue weighted by Gasteiger charge is -2.13. The van der Waals surface area contributed by atoms with Crippen molar-refractivity contribution in [3.05, 3.63) is 88.5 Å². The number of imide groups is 2. The van der Waals surface area contributed by atoms with Gasteiger partial charge in [-0.05, 0) is 55.5 Å². The van der Waals surface area contributed by atoms with Crippen LogP contribution in [-0.4, -0.2) is 35.6 Å². The van der Waals surface area contributed by atoms with Crippen molar-refractivity contribution < 1.29 is 23.9 Å². The van der Waals surface area contributed by atoms with E-state index in [9.17, 15) is 19.2 Å². The van der Waals surface area contributed by atoms with Crippen LogP contribution in [0.5, 0.6) is 11.5 Å². The van der Waals surface area contributed by atoms with Gasteiger partial charge in [0, 0.05) is 7.05 Å². The predicted octanol–water partition coefficient (Wildman–Crippen LogP) is 3.81. The van der Waals surface area contributed by atoms with Crippen LogP contribution in [0.3, 0.4) is 0 Å². The third-order valence-corrected chi connectivity index (χ3v) is 5.45. The first kappa shape index (κ1) is 18.7. The number of hydrogen-bond acceptors (Lipinski definition) is 5. The van der Waals surface area contributed by atoms with Gasteiger partial charge in [-0.2, -0.15) is 0 Å². The van der Waals surface area contributed by atoms with E-state index < -0.39 is 11.8 Å². The molecule has 0 radical (unpaired) electrons. The summed E-state index contributed by atoms with van der Waals surface area (Å²) in [7, 11) is 1.42. The van der Waals surface area contributed by atoms with Gasteiger partial charge in [-0.1, -0.05) is 17.7 Å². The van der Waals surface area contributed by atoms with Crippen LogP contribution >= 0.6 is 0 Å². The van der Waals surface area contributed by atoms with Gasteiger partial charge in [0.1, 0.15) is 11.5 Å². The summed E-state index contributed by atoms with van der Waals surface area (Å²) in [6.07, 6.45) is 0. The second kappa shape index (κ2) is 6.63. The maximum atomic E-state index is 12.9. The number of ether oxygens (including phenoxy) is 1. The summed E-state index contributed by atoms with van der Waals surface area (Å²) in [5, 5.41) is 0. The average molecular weight is 412 g/mol. The zero-order valence-electron chi connectivity index (χ0n) is 16.7. The number of nitrogens with zero attached hydrogens (tertiary/aromatic N) is 2. The van der Waals surface area contributed by atoms with Gasteiger partial charge in [0.15, 0.2) is 0 Å². The standard InChI is InChI=1S/C24H16N2O5/c1-13-3-5-14(6-4-13)26-23(29)18-10-8-16(12-20(18)24(26)30)31-15-7-9-17-19(11-15)22(28)25(2)21(17)27/h3-12H,1-2H3. The summed E-state index contributed by atoms with van der Waals surface area (Å²) in [5.41, 5.74) is 2.66. The van der Waals surface area contributed by atoms with E-state index in [1.165, 1.54) is 25.2 Å². The number of carbonyl (C=O) groups excluding carboxylic acids is 4. The molecule has 0 fully saturated rings. The molecule has 0 aliphatic carbocycles. The molecule has 2 aliphatic rings. The minimum absolute atomic E-state index is 0.246. The Morgan fingerprint density at radius 1 is 0.613 bits per heavy atom. The van der Waals surface area contributed by atoms with E-state index in [4.69, 9.17) is 4.74 Å². The Morgan fingerprint density at radius 3 is 1.71 bits per heavy atom. The molecular formula is C24H16N2O5. The fraction of sp³-hybridized carbons (Fsp3) is 0.0833.